The number of hydrogen-bond acceptors (Lipinski definition) is 4. The van der Waals surface area contributed by atoms with E-state index in [1.807, 2.05) is 26.2 Å². The fourth-order valence-electron chi connectivity index (χ4n) is 2.14. The Labute approximate surface area is 133 Å². The van der Waals surface area contributed by atoms with E-state index < -0.39 is 11.5 Å². The summed E-state index contributed by atoms with van der Waals surface area (Å²) < 4.78 is 0. The highest BCUT2D eigenvalue weighted by molar-refractivity contribution is 7.09. The third kappa shape index (κ3) is 3.71. The van der Waals surface area contributed by atoms with E-state index in [9.17, 15) is 9.59 Å². The summed E-state index contributed by atoms with van der Waals surface area (Å²) in [4.78, 5) is 27.8. The van der Waals surface area contributed by atoms with Crippen LogP contribution in [0.3, 0.4) is 0 Å². The smallest absolute Gasteiger partial charge is 0.335 e. The molecule has 0 aliphatic rings. The fraction of sp³-hybridized carbons (Fsp3) is 0.312. The molecule has 2 aromatic rings. The van der Waals surface area contributed by atoms with Crippen LogP contribution in [-0.2, 0) is 16.8 Å². The molecule has 0 radical (unpaired) electrons. The van der Waals surface area contributed by atoms with Gasteiger partial charge in [-0.15, -0.1) is 11.3 Å². The molecule has 2 N–H and O–H groups in total. The number of carbonyl (C=O) groups excluding carboxylic acids is 1. The van der Waals surface area contributed by atoms with E-state index in [1.54, 1.807) is 18.2 Å². The lowest BCUT2D eigenvalue weighted by Crippen LogP contribution is -2.41. The Bertz CT molecular complexity index is 707. The van der Waals surface area contributed by atoms with Crippen molar-refractivity contribution in [2.45, 2.75) is 32.7 Å². The van der Waals surface area contributed by atoms with E-state index in [1.165, 1.54) is 17.4 Å². The minimum Gasteiger partial charge on any atom is -0.478 e. The molecule has 0 spiro atoms. The molecule has 0 bridgehead atoms. The van der Waals surface area contributed by atoms with Gasteiger partial charge >= 0.3 is 5.97 Å². The van der Waals surface area contributed by atoms with Crippen LogP contribution in [0.1, 0.15) is 40.5 Å². The first-order valence-electron chi connectivity index (χ1n) is 6.84. The number of nitrogens with zero attached hydrogens (tertiary/aromatic N) is 1. The average molecular weight is 318 g/mol. The lowest BCUT2D eigenvalue weighted by atomic mass is 10.0. The van der Waals surface area contributed by atoms with E-state index in [0.29, 0.717) is 5.56 Å². The van der Waals surface area contributed by atoms with Crippen LogP contribution >= 0.6 is 11.3 Å². The number of aromatic nitrogens is 1. The third-order valence-corrected chi connectivity index (χ3v) is 4.49. The highest BCUT2D eigenvalue weighted by atomic mass is 32.1. The SMILES string of the molecule is Cc1csc(C(C)(C)NC(=O)Cc2ccccc2C(=O)O)n1. The van der Waals surface area contributed by atoms with Crippen LogP contribution in [0.5, 0.6) is 0 Å². The largest absolute Gasteiger partial charge is 0.478 e. The van der Waals surface area contributed by atoms with Gasteiger partial charge in [-0.1, -0.05) is 18.2 Å². The molecule has 1 aromatic heterocycles. The van der Waals surface area contributed by atoms with Crippen molar-refractivity contribution >= 4 is 23.2 Å². The van der Waals surface area contributed by atoms with E-state index in [0.717, 1.165) is 10.7 Å². The van der Waals surface area contributed by atoms with Crippen molar-refractivity contribution in [3.8, 4) is 0 Å². The van der Waals surface area contributed by atoms with E-state index in [4.69, 9.17) is 5.11 Å². The maximum absolute atomic E-state index is 12.3. The molecule has 6 heteroatoms. The van der Waals surface area contributed by atoms with Crippen LogP contribution < -0.4 is 5.32 Å². The molecule has 116 valence electrons. The zero-order valence-electron chi connectivity index (χ0n) is 12.7. The number of hydrogen-bond donors (Lipinski definition) is 2. The number of carbonyl (C=O) groups is 2. The molecule has 0 atom stereocenters. The zero-order valence-corrected chi connectivity index (χ0v) is 13.5. The summed E-state index contributed by atoms with van der Waals surface area (Å²) in [6.07, 6.45) is 0.0241. The van der Waals surface area contributed by atoms with Gasteiger partial charge in [0.2, 0.25) is 5.91 Å². The molecule has 1 heterocycles. The van der Waals surface area contributed by atoms with Crippen molar-refractivity contribution in [1.29, 1.82) is 0 Å². The van der Waals surface area contributed by atoms with E-state index in [-0.39, 0.29) is 17.9 Å². The first-order valence-corrected chi connectivity index (χ1v) is 7.72. The summed E-state index contributed by atoms with van der Waals surface area (Å²) >= 11 is 1.49. The molecule has 0 saturated heterocycles. The van der Waals surface area contributed by atoms with Gasteiger partial charge in [-0.05, 0) is 32.4 Å². The van der Waals surface area contributed by atoms with Gasteiger partial charge in [-0.3, -0.25) is 4.79 Å². The van der Waals surface area contributed by atoms with Crippen LogP contribution in [0, 0.1) is 6.92 Å². The third-order valence-electron chi connectivity index (χ3n) is 3.20. The second kappa shape index (κ2) is 6.27. The van der Waals surface area contributed by atoms with E-state index in [2.05, 4.69) is 10.3 Å². The topological polar surface area (TPSA) is 79.3 Å². The van der Waals surface area contributed by atoms with Crippen molar-refractivity contribution in [1.82, 2.24) is 10.3 Å². The predicted octanol–water partition coefficient (Wildman–Crippen LogP) is 2.74. The molecule has 2 rings (SSSR count). The number of aryl methyl sites for hydroxylation is 1. The van der Waals surface area contributed by atoms with Gasteiger partial charge in [0, 0.05) is 11.1 Å². The number of aromatic carboxylic acids is 1. The lowest BCUT2D eigenvalue weighted by molar-refractivity contribution is -0.122. The zero-order chi connectivity index (χ0) is 16.3. The van der Waals surface area contributed by atoms with Crippen molar-refractivity contribution in [2.75, 3.05) is 0 Å². The highest BCUT2D eigenvalue weighted by Gasteiger charge is 2.26. The van der Waals surface area contributed by atoms with Crippen molar-refractivity contribution in [2.24, 2.45) is 0 Å². The van der Waals surface area contributed by atoms with Crippen LogP contribution in [0.25, 0.3) is 0 Å². The highest BCUT2D eigenvalue weighted by Crippen LogP contribution is 2.24. The predicted molar refractivity (Wildman–Crippen MR) is 85.1 cm³/mol. The summed E-state index contributed by atoms with van der Waals surface area (Å²) in [7, 11) is 0. The number of thiazole rings is 1. The molecular weight excluding hydrogens is 300 g/mol. The maximum Gasteiger partial charge on any atom is 0.335 e. The minimum absolute atomic E-state index is 0.0241. The van der Waals surface area contributed by atoms with Gasteiger partial charge in [-0.2, -0.15) is 0 Å². The average Bonchev–Trinajstić information content (AvgIpc) is 2.86. The number of nitrogens with one attached hydrogen (secondary N) is 1. The van der Waals surface area contributed by atoms with Crippen LogP contribution in [0.4, 0.5) is 0 Å². The number of rotatable bonds is 5. The Hall–Kier alpha value is -2.21. The monoisotopic (exact) mass is 318 g/mol. The molecule has 0 unspecified atom stereocenters. The first kappa shape index (κ1) is 16.2. The maximum atomic E-state index is 12.3. The van der Waals surface area contributed by atoms with Gasteiger partial charge in [0.15, 0.2) is 0 Å². The van der Waals surface area contributed by atoms with Crippen molar-refractivity contribution in [3.63, 3.8) is 0 Å². The lowest BCUT2D eigenvalue weighted by Gasteiger charge is -2.24. The number of carboxylic acid groups (broad SMARTS) is 1. The Morgan fingerprint density at radius 1 is 1.32 bits per heavy atom. The van der Waals surface area contributed by atoms with Crippen LogP contribution in [0.2, 0.25) is 0 Å². The molecule has 0 saturated carbocycles. The summed E-state index contributed by atoms with van der Waals surface area (Å²) in [6, 6.07) is 6.53. The van der Waals surface area contributed by atoms with Gasteiger partial charge < -0.3 is 10.4 Å². The Kier molecular flexibility index (Phi) is 4.61. The number of benzene rings is 1. The molecule has 0 aliphatic heterocycles. The van der Waals surface area contributed by atoms with Crippen LogP contribution in [0.15, 0.2) is 29.6 Å². The Morgan fingerprint density at radius 3 is 2.59 bits per heavy atom. The Balaban J connectivity index is 2.12. The molecule has 0 aliphatic carbocycles. The standard InChI is InChI=1S/C16H18N2O3S/c1-10-9-22-15(17-10)16(2,3)18-13(19)8-11-6-4-5-7-12(11)14(20)21/h4-7,9H,8H2,1-3H3,(H,18,19)(H,20,21). The molecule has 22 heavy (non-hydrogen) atoms. The van der Waals surface area contributed by atoms with Crippen molar-refractivity contribution in [3.05, 3.63) is 51.5 Å². The molecule has 1 aromatic carbocycles. The summed E-state index contributed by atoms with van der Waals surface area (Å²) in [5.74, 6) is -1.26. The van der Waals surface area contributed by atoms with Gasteiger partial charge in [0.05, 0.1) is 17.5 Å². The van der Waals surface area contributed by atoms with Crippen molar-refractivity contribution < 1.29 is 14.7 Å². The first-order chi connectivity index (χ1) is 10.3. The second-order valence-electron chi connectivity index (χ2n) is 5.61. The molecule has 5 nitrogen and oxygen atoms in total. The van der Waals surface area contributed by atoms with E-state index >= 15 is 0 Å². The quantitative estimate of drug-likeness (QED) is 0.888. The van der Waals surface area contributed by atoms with Gasteiger partial charge in [-0.25, -0.2) is 9.78 Å². The summed E-state index contributed by atoms with van der Waals surface area (Å²) in [5, 5.41) is 14.8. The molecule has 1 amide bonds. The summed E-state index contributed by atoms with van der Waals surface area (Å²) in [5.41, 5.74) is 0.978. The number of carboxylic acids is 1. The number of amides is 1. The molecule has 0 fully saturated rings. The summed E-state index contributed by atoms with van der Waals surface area (Å²) in [6.45, 7) is 5.67. The Morgan fingerprint density at radius 2 is 2.00 bits per heavy atom. The second-order valence-corrected chi connectivity index (χ2v) is 6.46. The van der Waals surface area contributed by atoms with Gasteiger partial charge in [0.25, 0.3) is 0 Å². The van der Waals surface area contributed by atoms with Crippen LogP contribution in [-0.4, -0.2) is 22.0 Å². The minimum atomic E-state index is -1.03. The molecular formula is C16H18N2O3S. The van der Waals surface area contributed by atoms with Gasteiger partial charge in [0.1, 0.15) is 5.01 Å². The normalized spacial score (nSPS) is 11.2. The fourth-order valence-corrected chi connectivity index (χ4v) is 3.02.